The van der Waals surface area contributed by atoms with Gasteiger partial charge in [-0.15, -0.1) is 0 Å². The van der Waals surface area contributed by atoms with Crippen LogP contribution in [-0.2, 0) is 10.3 Å². The van der Waals surface area contributed by atoms with Crippen LogP contribution in [0.1, 0.15) is 18.1 Å². The summed E-state index contributed by atoms with van der Waals surface area (Å²) in [5, 5.41) is 12.6. The van der Waals surface area contributed by atoms with E-state index >= 15 is 0 Å². The second kappa shape index (κ2) is 5.98. The number of carboxylic acids is 1. The number of carboxylic acid groups (broad SMARTS) is 1. The number of carbonyl (C=O) groups is 1. The number of rotatable bonds is 6. The standard InChI is InChI=1S/C14H22N2O2/c1-11-5-7-12(8-6-11)14(2,13(17)18)15-9-10-16(3)4/h5-8,15H,9-10H2,1-4H3,(H,17,18). The Morgan fingerprint density at radius 3 is 2.33 bits per heavy atom. The molecule has 0 fully saturated rings. The van der Waals surface area contributed by atoms with Crippen LogP contribution in [0.25, 0.3) is 0 Å². The quantitative estimate of drug-likeness (QED) is 0.802. The smallest absolute Gasteiger partial charge is 0.328 e. The molecule has 0 spiro atoms. The average molecular weight is 250 g/mol. The summed E-state index contributed by atoms with van der Waals surface area (Å²) in [6.07, 6.45) is 0. The number of aliphatic carboxylic acids is 1. The molecule has 0 heterocycles. The predicted molar refractivity (Wildman–Crippen MR) is 72.7 cm³/mol. The summed E-state index contributed by atoms with van der Waals surface area (Å²) in [5.41, 5.74) is 0.864. The SMILES string of the molecule is Cc1ccc(C(C)(NCCN(C)C)C(=O)O)cc1. The first-order valence-corrected chi connectivity index (χ1v) is 6.06. The van der Waals surface area contributed by atoms with Gasteiger partial charge in [0.05, 0.1) is 0 Å². The second-order valence-corrected chi connectivity index (χ2v) is 5.03. The molecule has 4 nitrogen and oxygen atoms in total. The van der Waals surface area contributed by atoms with Gasteiger partial charge < -0.3 is 10.0 Å². The molecule has 2 N–H and O–H groups in total. The number of likely N-dealkylation sites (N-methyl/N-ethyl adjacent to an activating group) is 1. The van der Waals surface area contributed by atoms with Crippen LogP contribution in [0.15, 0.2) is 24.3 Å². The number of benzene rings is 1. The minimum absolute atomic E-state index is 0.629. The minimum atomic E-state index is -1.04. The number of nitrogens with one attached hydrogen (secondary N) is 1. The van der Waals surface area contributed by atoms with Crippen LogP contribution >= 0.6 is 0 Å². The molecule has 0 amide bonds. The fourth-order valence-corrected chi connectivity index (χ4v) is 1.72. The molecule has 0 aromatic heterocycles. The number of hydrogen-bond acceptors (Lipinski definition) is 3. The Kier molecular flexibility index (Phi) is 4.87. The Morgan fingerprint density at radius 1 is 1.33 bits per heavy atom. The molecule has 0 aliphatic heterocycles. The van der Waals surface area contributed by atoms with Gasteiger partial charge in [-0.3, -0.25) is 5.32 Å². The molecule has 1 aromatic rings. The minimum Gasteiger partial charge on any atom is -0.480 e. The summed E-state index contributed by atoms with van der Waals surface area (Å²) in [6, 6.07) is 7.60. The van der Waals surface area contributed by atoms with Gasteiger partial charge in [-0.05, 0) is 33.5 Å². The monoisotopic (exact) mass is 250 g/mol. The van der Waals surface area contributed by atoms with Gasteiger partial charge >= 0.3 is 5.97 Å². The first-order chi connectivity index (χ1) is 8.36. The maximum Gasteiger partial charge on any atom is 0.328 e. The fraction of sp³-hybridized carbons (Fsp3) is 0.500. The number of aryl methyl sites for hydroxylation is 1. The van der Waals surface area contributed by atoms with Crippen LogP contribution < -0.4 is 5.32 Å². The van der Waals surface area contributed by atoms with E-state index in [-0.39, 0.29) is 0 Å². The largest absolute Gasteiger partial charge is 0.480 e. The van der Waals surface area contributed by atoms with E-state index in [0.29, 0.717) is 6.54 Å². The van der Waals surface area contributed by atoms with Crippen molar-refractivity contribution >= 4 is 5.97 Å². The van der Waals surface area contributed by atoms with E-state index in [1.54, 1.807) is 6.92 Å². The molecule has 18 heavy (non-hydrogen) atoms. The molecule has 1 rings (SSSR count). The van der Waals surface area contributed by atoms with Gasteiger partial charge in [0.15, 0.2) is 0 Å². The maximum absolute atomic E-state index is 11.5. The van der Waals surface area contributed by atoms with Gasteiger partial charge in [-0.2, -0.15) is 0 Å². The lowest BCUT2D eigenvalue weighted by Gasteiger charge is -2.27. The molecule has 4 heteroatoms. The van der Waals surface area contributed by atoms with Crippen LogP contribution in [-0.4, -0.2) is 43.2 Å². The molecule has 1 atom stereocenters. The van der Waals surface area contributed by atoms with Crippen molar-refractivity contribution < 1.29 is 9.90 Å². The zero-order chi connectivity index (χ0) is 13.8. The van der Waals surface area contributed by atoms with Crippen molar-refractivity contribution in [2.75, 3.05) is 27.2 Å². The first kappa shape index (κ1) is 14.7. The summed E-state index contributed by atoms with van der Waals surface area (Å²) in [6.45, 7) is 5.12. The lowest BCUT2D eigenvalue weighted by molar-refractivity contribution is -0.144. The number of hydrogen-bond donors (Lipinski definition) is 2. The van der Waals surface area contributed by atoms with Crippen molar-refractivity contribution in [3.05, 3.63) is 35.4 Å². The summed E-state index contributed by atoms with van der Waals surface area (Å²) < 4.78 is 0. The molecule has 0 saturated heterocycles. The lowest BCUT2D eigenvalue weighted by Crippen LogP contribution is -2.48. The van der Waals surface area contributed by atoms with Gasteiger partial charge in [-0.1, -0.05) is 29.8 Å². The van der Waals surface area contributed by atoms with Crippen LogP contribution in [0.2, 0.25) is 0 Å². The highest BCUT2D eigenvalue weighted by Crippen LogP contribution is 2.21. The van der Waals surface area contributed by atoms with Crippen LogP contribution in [0, 0.1) is 6.92 Å². The highest BCUT2D eigenvalue weighted by Gasteiger charge is 2.34. The van der Waals surface area contributed by atoms with Crippen molar-refractivity contribution in [2.45, 2.75) is 19.4 Å². The normalized spacial score (nSPS) is 14.5. The summed E-state index contributed by atoms with van der Waals surface area (Å²) in [7, 11) is 3.93. The van der Waals surface area contributed by atoms with Crippen molar-refractivity contribution in [1.82, 2.24) is 10.2 Å². The van der Waals surface area contributed by atoms with E-state index < -0.39 is 11.5 Å². The third-order valence-corrected chi connectivity index (χ3v) is 3.09. The summed E-state index contributed by atoms with van der Waals surface area (Å²) in [4.78, 5) is 13.5. The predicted octanol–water partition coefficient (Wildman–Crippen LogP) is 1.45. The van der Waals surface area contributed by atoms with Crippen LogP contribution in [0.5, 0.6) is 0 Å². The zero-order valence-corrected chi connectivity index (χ0v) is 11.5. The van der Waals surface area contributed by atoms with Crippen molar-refractivity contribution in [2.24, 2.45) is 0 Å². The molecule has 0 aliphatic carbocycles. The van der Waals surface area contributed by atoms with E-state index in [9.17, 15) is 9.90 Å². The molecule has 0 bridgehead atoms. The Bertz CT molecular complexity index is 401. The van der Waals surface area contributed by atoms with Gasteiger partial charge in [0.2, 0.25) is 0 Å². The molecular formula is C14H22N2O2. The molecule has 1 unspecified atom stereocenters. The fourth-order valence-electron chi connectivity index (χ4n) is 1.72. The Balaban J connectivity index is 2.86. The third kappa shape index (κ3) is 3.55. The van der Waals surface area contributed by atoms with Crippen molar-refractivity contribution in [1.29, 1.82) is 0 Å². The van der Waals surface area contributed by atoms with Crippen LogP contribution in [0.4, 0.5) is 0 Å². The van der Waals surface area contributed by atoms with E-state index in [1.165, 1.54) is 0 Å². The Morgan fingerprint density at radius 2 is 1.89 bits per heavy atom. The van der Waals surface area contributed by atoms with Gasteiger partial charge in [0.1, 0.15) is 5.54 Å². The van der Waals surface area contributed by atoms with Gasteiger partial charge in [0, 0.05) is 13.1 Å². The zero-order valence-electron chi connectivity index (χ0n) is 11.5. The highest BCUT2D eigenvalue weighted by atomic mass is 16.4. The van der Waals surface area contributed by atoms with Gasteiger partial charge in [-0.25, -0.2) is 4.79 Å². The maximum atomic E-state index is 11.5. The average Bonchev–Trinajstić information content (AvgIpc) is 2.28. The summed E-state index contributed by atoms with van der Waals surface area (Å²) >= 11 is 0. The molecular weight excluding hydrogens is 228 g/mol. The molecule has 1 aromatic carbocycles. The molecule has 0 saturated carbocycles. The highest BCUT2D eigenvalue weighted by molar-refractivity contribution is 5.80. The van der Waals surface area contributed by atoms with E-state index in [1.807, 2.05) is 50.2 Å². The van der Waals surface area contributed by atoms with Gasteiger partial charge in [0.25, 0.3) is 0 Å². The van der Waals surface area contributed by atoms with E-state index in [4.69, 9.17) is 0 Å². The van der Waals surface area contributed by atoms with E-state index in [0.717, 1.165) is 17.7 Å². The lowest BCUT2D eigenvalue weighted by atomic mass is 9.91. The van der Waals surface area contributed by atoms with Crippen molar-refractivity contribution in [3.8, 4) is 0 Å². The van der Waals surface area contributed by atoms with Crippen LogP contribution in [0.3, 0.4) is 0 Å². The topological polar surface area (TPSA) is 52.6 Å². The summed E-state index contributed by atoms with van der Waals surface area (Å²) in [5.74, 6) is -0.856. The molecule has 0 radical (unpaired) electrons. The Labute approximate surface area is 109 Å². The molecule has 0 aliphatic rings. The molecule has 100 valence electrons. The van der Waals surface area contributed by atoms with E-state index in [2.05, 4.69) is 5.32 Å². The second-order valence-electron chi connectivity index (χ2n) is 5.03. The first-order valence-electron chi connectivity index (χ1n) is 6.06. The van der Waals surface area contributed by atoms with Crippen molar-refractivity contribution in [3.63, 3.8) is 0 Å². The number of nitrogens with zero attached hydrogens (tertiary/aromatic N) is 1. The Hall–Kier alpha value is -1.39. The third-order valence-electron chi connectivity index (χ3n) is 3.09.